The Morgan fingerprint density at radius 3 is 2.38 bits per heavy atom. The molecule has 0 bridgehead atoms. The van der Waals surface area contributed by atoms with E-state index in [9.17, 15) is 5.11 Å². The van der Waals surface area contributed by atoms with Crippen molar-refractivity contribution in [3.05, 3.63) is 53.7 Å². The Hall–Kier alpha value is -3.48. The number of hydrogen-bond donors (Lipinski definition) is 3. The van der Waals surface area contributed by atoms with Crippen molar-refractivity contribution in [2.24, 2.45) is 5.92 Å². The lowest BCUT2D eigenvalue weighted by molar-refractivity contribution is 0.251. The van der Waals surface area contributed by atoms with E-state index in [1.807, 2.05) is 31.2 Å². The van der Waals surface area contributed by atoms with Crippen molar-refractivity contribution in [2.75, 3.05) is 24.7 Å². The molecule has 1 saturated carbocycles. The van der Waals surface area contributed by atoms with E-state index in [0.717, 1.165) is 33.8 Å². The minimum atomic E-state index is 0.157. The number of rotatable bonds is 8. The van der Waals surface area contributed by atoms with Gasteiger partial charge in [0, 0.05) is 18.2 Å². The highest BCUT2D eigenvalue weighted by molar-refractivity contribution is 5.78. The molecule has 3 aromatic rings. The van der Waals surface area contributed by atoms with E-state index in [4.69, 9.17) is 20.9 Å². The smallest absolute Gasteiger partial charge is 0.221 e. The number of nitrogen functional groups attached to an aromatic ring is 2. The summed E-state index contributed by atoms with van der Waals surface area (Å²) in [6.07, 6.45) is 7.11. The van der Waals surface area contributed by atoms with Crippen LogP contribution < -0.4 is 20.9 Å². The lowest BCUT2D eigenvalue weighted by atomic mass is 9.98. The fourth-order valence-electron chi connectivity index (χ4n) is 4.22. The number of ether oxygens (including phenoxy) is 2. The molecule has 32 heavy (non-hydrogen) atoms. The Morgan fingerprint density at radius 2 is 1.72 bits per heavy atom. The molecule has 1 aliphatic rings. The summed E-state index contributed by atoms with van der Waals surface area (Å²) in [6, 6.07) is 11.1. The number of nitrogens with zero attached hydrogens (tertiary/aromatic N) is 2. The molecule has 168 valence electrons. The summed E-state index contributed by atoms with van der Waals surface area (Å²) in [7, 11) is 0. The van der Waals surface area contributed by atoms with Gasteiger partial charge in [0.05, 0.1) is 18.8 Å². The van der Waals surface area contributed by atoms with Gasteiger partial charge in [0.15, 0.2) is 0 Å². The van der Waals surface area contributed by atoms with Crippen molar-refractivity contribution in [1.82, 2.24) is 9.97 Å². The molecular formula is C25H30N4O3. The van der Waals surface area contributed by atoms with Crippen molar-refractivity contribution in [1.29, 1.82) is 0 Å². The van der Waals surface area contributed by atoms with Crippen molar-refractivity contribution in [2.45, 2.75) is 39.0 Å². The fraction of sp³-hybridized carbons (Fsp3) is 0.360. The molecule has 0 atom stereocenters. The second-order valence-corrected chi connectivity index (χ2v) is 8.22. The summed E-state index contributed by atoms with van der Waals surface area (Å²) < 4.78 is 12.4. The van der Waals surface area contributed by atoms with Crippen LogP contribution in [0.4, 0.5) is 11.8 Å². The fourth-order valence-corrected chi connectivity index (χ4v) is 4.22. The highest BCUT2D eigenvalue weighted by Crippen LogP contribution is 2.41. The molecule has 0 unspecified atom stereocenters. The number of aromatic hydroxyl groups is 1. The zero-order chi connectivity index (χ0) is 22.5. The van der Waals surface area contributed by atoms with E-state index in [2.05, 4.69) is 9.97 Å². The van der Waals surface area contributed by atoms with Crippen LogP contribution in [0, 0.1) is 5.92 Å². The number of benzene rings is 2. The van der Waals surface area contributed by atoms with Crippen molar-refractivity contribution in [3.63, 3.8) is 0 Å². The van der Waals surface area contributed by atoms with E-state index >= 15 is 0 Å². The highest BCUT2D eigenvalue weighted by Gasteiger charge is 2.20. The van der Waals surface area contributed by atoms with Crippen LogP contribution in [-0.2, 0) is 6.42 Å². The van der Waals surface area contributed by atoms with E-state index in [1.54, 1.807) is 18.3 Å². The molecule has 1 fully saturated rings. The summed E-state index contributed by atoms with van der Waals surface area (Å²) in [5, 5.41) is 9.75. The van der Waals surface area contributed by atoms with Crippen molar-refractivity contribution in [3.8, 4) is 28.4 Å². The van der Waals surface area contributed by atoms with Gasteiger partial charge >= 0.3 is 0 Å². The van der Waals surface area contributed by atoms with Crippen LogP contribution >= 0.6 is 0 Å². The standard InChI is InChI=1S/C25H30N4O3/c1-2-31-21-12-17(11-19-14-28-25(27)29-24(19)26)13-22(32-15-16-5-3-4-6-16)23(21)18-7-9-20(30)10-8-18/h7-10,12-14,16,30H,2-6,11,15H2,1H3,(H4,26,27,28,29). The SMILES string of the molecule is CCOc1cc(Cc2cnc(N)nc2N)cc(OCC2CCCC2)c1-c1ccc(O)cc1. The average Bonchev–Trinajstić information content (AvgIpc) is 3.29. The Labute approximate surface area is 188 Å². The largest absolute Gasteiger partial charge is 0.508 e. The molecule has 2 aromatic carbocycles. The lowest BCUT2D eigenvalue weighted by Crippen LogP contribution is -2.10. The first kappa shape index (κ1) is 21.7. The molecule has 1 aromatic heterocycles. The molecule has 0 amide bonds. The quantitative estimate of drug-likeness (QED) is 0.475. The molecule has 1 heterocycles. The first-order chi connectivity index (χ1) is 15.5. The van der Waals surface area contributed by atoms with Crippen molar-refractivity contribution >= 4 is 11.8 Å². The molecular weight excluding hydrogens is 404 g/mol. The van der Waals surface area contributed by atoms with Gasteiger partial charge in [-0.1, -0.05) is 25.0 Å². The van der Waals surface area contributed by atoms with Crippen LogP contribution in [0.5, 0.6) is 17.2 Å². The topological polar surface area (TPSA) is 117 Å². The number of nitrogens with two attached hydrogens (primary N) is 2. The Kier molecular flexibility index (Phi) is 6.63. The van der Waals surface area contributed by atoms with Gasteiger partial charge in [-0.15, -0.1) is 0 Å². The maximum Gasteiger partial charge on any atom is 0.221 e. The third-order valence-electron chi connectivity index (χ3n) is 5.84. The summed E-state index contributed by atoms with van der Waals surface area (Å²) in [5.41, 5.74) is 15.3. The van der Waals surface area contributed by atoms with Crippen LogP contribution in [0.15, 0.2) is 42.6 Å². The number of hydrogen-bond acceptors (Lipinski definition) is 7. The molecule has 4 rings (SSSR count). The predicted octanol–water partition coefficient (Wildman–Crippen LogP) is 4.57. The van der Waals surface area contributed by atoms with Crippen molar-refractivity contribution < 1.29 is 14.6 Å². The molecule has 0 radical (unpaired) electrons. The summed E-state index contributed by atoms with van der Waals surface area (Å²) in [6.45, 7) is 3.15. The third-order valence-corrected chi connectivity index (χ3v) is 5.84. The molecule has 1 aliphatic carbocycles. The third kappa shape index (κ3) is 5.04. The van der Waals surface area contributed by atoms with Crippen LogP contribution in [0.3, 0.4) is 0 Å². The van der Waals surface area contributed by atoms with Gasteiger partial charge in [0.1, 0.15) is 23.1 Å². The molecule has 0 aliphatic heterocycles. The predicted molar refractivity (Wildman–Crippen MR) is 126 cm³/mol. The first-order valence-corrected chi connectivity index (χ1v) is 11.1. The second kappa shape index (κ2) is 9.77. The minimum absolute atomic E-state index is 0.157. The van der Waals surface area contributed by atoms with Gasteiger partial charge in [-0.05, 0) is 61.1 Å². The zero-order valence-electron chi connectivity index (χ0n) is 18.4. The Bertz CT molecular complexity index is 1060. The van der Waals surface area contributed by atoms with Crippen LogP contribution in [0.1, 0.15) is 43.7 Å². The Morgan fingerprint density at radius 1 is 1.03 bits per heavy atom. The van der Waals surface area contributed by atoms with Crippen LogP contribution in [0.25, 0.3) is 11.1 Å². The average molecular weight is 435 g/mol. The lowest BCUT2D eigenvalue weighted by Gasteiger charge is -2.20. The van der Waals surface area contributed by atoms with E-state index < -0.39 is 0 Å². The first-order valence-electron chi connectivity index (χ1n) is 11.1. The van der Waals surface area contributed by atoms with Gasteiger partial charge in [0.25, 0.3) is 0 Å². The highest BCUT2D eigenvalue weighted by atomic mass is 16.5. The van der Waals surface area contributed by atoms with Crippen LogP contribution in [0.2, 0.25) is 0 Å². The normalized spacial score (nSPS) is 13.9. The van der Waals surface area contributed by atoms with Gasteiger partial charge in [0.2, 0.25) is 5.95 Å². The van der Waals surface area contributed by atoms with Gasteiger partial charge in [-0.25, -0.2) is 4.98 Å². The molecule has 0 saturated heterocycles. The second-order valence-electron chi connectivity index (χ2n) is 8.22. The monoisotopic (exact) mass is 434 g/mol. The maximum atomic E-state index is 9.75. The number of phenolic OH excluding ortho intramolecular Hbond substituents is 1. The summed E-state index contributed by atoms with van der Waals surface area (Å²) in [4.78, 5) is 8.15. The molecule has 0 spiro atoms. The number of phenols is 1. The number of anilines is 2. The zero-order valence-corrected chi connectivity index (χ0v) is 18.4. The maximum absolute atomic E-state index is 9.75. The number of aromatic nitrogens is 2. The minimum Gasteiger partial charge on any atom is -0.508 e. The molecule has 7 heteroatoms. The summed E-state index contributed by atoms with van der Waals surface area (Å²) >= 11 is 0. The van der Waals surface area contributed by atoms with Gasteiger partial charge in [-0.2, -0.15) is 4.98 Å². The van der Waals surface area contributed by atoms with Gasteiger partial charge < -0.3 is 26.0 Å². The molecule has 7 nitrogen and oxygen atoms in total. The summed E-state index contributed by atoms with van der Waals surface area (Å²) in [5.74, 6) is 2.81. The Balaban J connectivity index is 1.74. The van der Waals surface area contributed by atoms with Crippen LogP contribution in [-0.4, -0.2) is 28.3 Å². The van der Waals surface area contributed by atoms with E-state index in [1.165, 1.54) is 25.7 Å². The van der Waals surface area contributed by atoms with E-state index in [-0.39, 0.29) is 11.7 Å². The van der Waals surface area contributed by atoms with Gasteiger partial charge in [-0.3, -0.25) is 0 Å². The van der Waals surface area contributed by atoms with E-state index in [0.29, 0.717) is 31.4 Å². The molecule has 5 N–H and O–H groups in total.